The van der Waals surface area contributed by atoms with Gasteiger partial charge < -0.3 is 19.5 Å². The number of carbonyl (C=O) groups is 2. The number of hydrogen-bond acceptors (Lipinski definition) is 7. The number of nitrogens with zero attached hydrogens (tertiary/aromatic N) is 4. The summed E-state index contributed by atoms with van der Waals surface area (Å²) in [4.78, 5) is 49.2. The van der Waals surface area contributed by atoms with Crippen LogP contribution in [0, 0.1) is 5.82 Å². The molecule has 2 aromatic heterocycles. The minimum absolute atomic E-state index is 0.103. The molecule has 11 heteroatoms. The van der Waals surface area contributed by atoms with Gasteiger partial charge in [0.25, 0.3) is 11.8 Å². The normalized spacial score (nSPS) is 16.8. The van der Waals surface area contributed by atoms with E-state index in [2.05, 4.69) is 15.2 Å². The molecule has 0 saturated carbocycles. The second-order valence-electron chi connectivity index (χ2n) is 9.66. The van der Waals surface area contributed by atoms with Crippen LogP contribution in [-0.2, 0) is 19.6 Å². The van der Waals surface area contributed by atoms with Gasteiger partial charge >= 0.3 is 0 Å². The van der Waals surface area contributed by atoms with Gasteiger partial charge in [0, 0.05) is 37.4 Å². The number of rotatable bonds is 7. The zero-order chi connectivity index (χ0) is 27.6. The van der Waals surface area contributed by atoms with E-state index in [0.717, 1.165) is 18.0 Å². The van der Waals surface area contributed by atoms with Crippen LogP contribution in [0.2, 0.25) is 0 Å². The van der Waals surface area contributed by atoms with Crippen molar-refractivity contribution in [1.29, 1.82) is 0 Å². The van der Waals surface area contributed by atoms with E-state index < -0.39 is 11.3 Å². The minimum Gasteiger partial charge on any atom is -0.451 e. The van der Waals surface area contributed by atoms with Crippen molar-refractivity contribution in [3.8, 4) is 11.5 Å². The highest BCUT2D eigenvalue weighted by Gasteiger charge is 2.41. The lowest BCUT2D eigenvalue weighted by molar-refractivity contribution is -0.0139. The highest BCUT2D eigenvalue weighted by Crippen LogP contribution is 2.31. The van der Waals surface area contributed by atoms with Crippen molar-refractivity contribution in [1.82, 2.24) is 24.7 Å². The highest BCUT2D eigenvalue weighted by atomic mass is 32.1. The molecule has 2 aromatic carbocycles. The quantitative estimate of drug-likeness (QED) is 0.370. The van der Waals surface area contributed by atoms with E-state index in [4.69, 9.17) is 4.74 Å². The number of pyridine rings is 1. The Kier molecular flexibility index (Phi) is 7.14. The standard InChI is InChI=1S/C29H26FN5O4S/c30-20-9-7-19(8-10-20)15-32-28(37)22-16-34-18-24-33(17-23-31-11-14-40-23)12-4-13-35(24)29(38)25(34)27(26(22)36)39-21-5-2-1-3-6-21/h1-3,5-11,14,16,24H,4,12-13,15,17-18H2,(H,32,37). The van der Waals surface area contributed by atoms with Crippen LogP contribution in [0.15, 0.2) is 77.2 Å². The number of carbonyl (C=O) groups excluding carboxylic acids is 2. The molecule has 1 fully saturated rings. The molecular weight excluding hydrogens is 533 g/mol. The second kappa shape index (κ2) is 11.0. The number of hydrogen-bond donors (Lipinski definition) is 1. The first-order valence-electron chi connectivity index (χ1n) is 12.9. The van der Waals surface area contributed by atoms with Crippen LogP contribution in [0.4, 0.5) is 4.39 Å². The molecule has 1 N–H and O–H groups in total. The Morgan fingerprint density at radius 1 is 1.10 bits per heavy atom. The molecule has 1 atom stereocenters. The molecule has 0 bridgehead atoms. The summed E-state index contributed by atoms with van der Waals surface area (Å²) in [5.41, 5.74) is -0.00815. The molecule has 9 nitrogen and oxygen atoms in total. The Hall–Kier alpha value is -4.35. The van der Waals surface area contributed by atoms with E-state index in [1.807, 2.05) is 11.4 Å². The predicted molar refractivity (Wildman–Crippen MR) is 147 cm³/mol. The van der Waals surface area contributed by atoms with Gasteiger partial charge in [-0.1, -0.05) is 30.3 Å². The van der Waals surface area contributed by atoms with Gasteiger partial charge in [-0.15, -0.1) is 11.3 Å². The summed E-state index contributed by atoms with van der Waals surface area (Å²) in [6.07, 6.45) is 3.73. The molecule has 1 unspecified atom stereocenters. The van der Waals surface area contributed by atoms with E-state index in [1.54, 1.807) is 63.4 Å². The summed E-state index contributed by atoms with van der Waals surface area (Å²) >= 11 is 1.56. The summed E-state index contributed by atoms with van der Waals surface area (Å²) in [5.74, 6) is -1.11. The van der Waals surface area contributed by atoms with E-state index in [-0.39, 0.29) is 41.4 Å². The molecule has 2 aliphatic heterocycles. The van der Waals surface area contributed by atoms with Crippen molar-refractivity contribution in [3.05, 3.63) is 110 Å². The van der Waals surface area contributed by atoms with Crippen molar-refractivity contribution >= 4 is 23.2 Å². The summed E-state index contributed by atoms with van der Waals surface area (Å²) in [6, 6.07) is 14.4. The third kappa shape index (κ3) is 5.13. The van der Waals surface area contributed by atoms with E-state index in [0.29, 0.717) is 30.9 Å². The number of benzene rings is 2. The number of fused-ring (bicyclic) bond motifs is 2. The van der Waals surface area contributed by atoms with Gasteiger partial charge in [-0.25, -0.2) is 9.37 Å². The predicted octanol–water partition coefficient (Wildman–Crippen LogP) is 3.85. The van der Waals surface area contributed by atoms with Crippen molar-refractivity contribution in [2.45, 2.75) is 32.2 Å². The average molecular weight is 560 g/mol. The van der Waals surface area contributed by atoms with Gasteiger partial charge in [-0.2, -0.15) is 0 Å². The third-order valence-electron chi connectivity index (χ3n) is 7.08. The first-order chi connectivity index (χ1) is 19.5. The van der Waals surface area contributed by atoms with Crippen molar-refractivity contribution < 1.29 is 18.7 Å². The summed E-state index contributed by atoms with van der Waals surface area (Å²) < 4.78 is 21.0. The Morgan fingerprint density at radius 3 is 2.65 bits per heavy atom. The average Bonchev–Trinajstić information content (AvgIpc) is 3.48. The summed E-state index contributed by atoms with van der Waals surface area (Å²) in [5, 5.41) is 5.61. The first kappa shape index (κ1) is 25.9. The van der Waals surface area contributed by atoms with E-state index in [9.17, 15) is 18.8 Å². The molecule has 0 aliphatic carbocycles. The van der Waals surface area contributed by atoms with Crippen LogP contribution in [0.1, 0.15) is 37.8 Å². The lowest BCUT2D eigenvalue weighted by atomic mass is 10.1. The van der Waals surface area contributed by atoms with Crippen LogP contribution in [0.3, 0.4) is 0 Å². The summed E-state index contributed by atoms with van der Waals surface area (Å²) in [6.45, 7) is 2.40. The van der Waals surface area contributed by atoms with E-state index >= 15 is 0 Å². The molecule has 6 rings (SSSR count). The van der Waals surface area contributed by atoms with Gasteiger partial charge in [-0.05, 0) is 36.2 Å². The molecule has 204 valence electrons. The Morgan fingerprint density at radius 2 is 1.90 bits per heavy atom. The van der Waals surface area contributed by atoms with Gasteiger partial charge in [0.05, 0.1) is 13.1 Å². The number of para-hydroxylation sites is 1. The van der Waals surface area contributed by atoms with Gasteiger partial charge in [0.1, 0.15) is 28.3 Å². The molecule has 0 spiro atoms. The van der Waals surface area contributed by atoms with Crippen LogP contribution < -0.4 is 15.5 Å². The first-order valence-corrected chi connectivity index (χ1v) is 13.8. The SMILES string of the molecule is O=C(NCc1ccc(F)cc1)c1cn2c(c(Oc3ccccc3)c1=O)C(=O)N1CCCN(Cc3nccs3)C1C2. The largest absolute Gasteiger partial charge is 0.451 e. The molecule has 40 heavy (non-hydrogen) atoms. The molecule has 1 saturated heterocycles. The van der Waals surface area contributed by atoms with Crippen LogP contribution in [0.25, 0.3) is 0 Å². The minimum atomic E-state index is -0.671. The topological polar surface area (TPSA) is 96.8 Å². The monoisotopic (exact) mass is 559 g/mol. The molecular formula is C29H26FN5O4S. The third-order valence-corrected chi connectivity index (χ3v) is 7.85. The fourth-order valence-corrected chi connectivity index (χ4v) is 5.78. The molecule has 0 radical (unpaired) electrons. The lowest BCUT2D eigenvalue weighted by Gasteiger charge is -2.47. The lowest BCUT2D eigenvalue weighted by Crippen LogP contribution is -2.60. The fourth-order valence-electron chi connectivity index (χ4n) is 5.14. The Balaban J connectivity index is 1.37. The maximum absolute atomic E-state index is 13.9. The Labute approximate surface area is 233 Å². The molecule has 2 aliphatic rings. The number of aromatic nitrogens is 2. The van der Waals surface area contributed by atoms with E-state index in [1.165, 1.54) is 18.3 Å². The summed E-state index contributed by atoms with van der Waals surface area (Å²) in [7, 11) is 0. The maximum Gasteiger partial charge on any atom is 0.275 e. The zero-order valence-corrected chi connectivity index (χ0v) is 22.3. The van der Waals surface area contributed by atoms with Crippen molar-refractivity contribution in [2.24, 2.45) is 0 Å². The molecule has 2 amide bonds. The Bertz CT molecular complexity index is 1590. The molecule has 4 aromatic rings. The van der Waals surface area contributed by atoms with Crippen LogP contribution in [0.5, 0.6) is 11.5 Å². The number of thiazole rings is 1. The van der Waals surface area contributed by atoms with Crippen molar-refractivity contribution in [3.63, 3.8) is 0 Å². The van der Waals surface area contributed by atoms with Crippen molar-refractivity contribution in [2.75, 3.05) is 13.1 Å². The fraction of sp³-hybridized carbons (Fsp3) is 0.241. The van der Waals surface area contributed by atoms with Crippen LogP contribution >= 0.6 is 11.3 Å². The van der Waals surface area contributed by atoms with Crippen LogP contribution in [-0.4, -0.2) is 50.4 Å². The molecule has 4 heterocycles. The van der Waals surface area contributed by atoms with Gasteiger partial charge in [0.2, 0.25) is 11.2 Å². The number of halogens is 1. The number of amides is 2. The smallest absolute Gasteiger partial charge is 0.275 e. The van der Waals surface area contributed by atoms with Gasteiger partial charge in [-0.3, -0.25) is 19.3 Å². The second-order valence-corrected chi connectivity index (χ2v) is 10.6. The number of nitrogens with one attached hydrogen (secondary N) is 1. The zero-order valence-electron chi connectivity index (χ0n) is 21.5. The number of ether oxygens (including phenoxy) is 1. The van der Waals surface area contributed by atoms with Gasteiger partial charge in [0.15, 0.2) is 5.69 Å². The maximum atomic E-state index is 13.9. The highest BCUT2D eigenvalue weighted by molar-refractivity contribution is 7.09.